The smallest absolute Gasteiger partial charge is 0.254 e. The van der Waals surface area contributed by atoms with E-state index in [2.05, 4.69) is 22.5 Å². The van der Waals surface area contributed by atoms with Crippen molar-refractivity contribution < 1.29 is 9.18 Å². The minimum Gasteiger partial charge on any atom is -0.368 e. The van der Waals surface area contributed by atoms with Crippen LogP contribution in [-0.2, 0) is 0 Å². The molecule has 5 heteroatoms. The molecule has 0 aromatic carbocycles. The number of amides is 1. The summed E-state index contributed by atoms with van der Waals surface area (Å²) in [5.74, 6) is -0.129. The highest BCUT2D eigenvalue weighted by atomic mass is 19.1. The van der Waals surface area contributed by atoms with Crippen molar-refractivity contribution in [1.82, 2.24) is 10.3 Å². The van der Waals surface area contributed by atoms with Crippen molar-refractivity contribution >= 4 is 11.7 Å². The molecule has 1 aliphatic rings. The minimum atomic E-state index is -0.563. The number of nitrogens with zero attached hydrogens (tertiary/aromatic N) is 1. The normalized spacial score (nSPS) is 21.9. The van der Waals surface area contributed by atoms with Crippen LogP contribution in [0.2, 0.25) is 0 Å². The summed E-state index contributed by atoms with van der Waals surface area (Å²) in [6, 6.07) is 1.59. The largest absolute Gasteiger partial charge is 0.368 e. The maximum atomic E-state index is 14.3. The molecule has 4 nitrogen and oxygen atoms in total. The first-order valence-corrected chi connectivity index (χ1v) is 7.81. The van der Waals surface area contributed by atoms with Crippen LogP contribution in [0.25, 0.3) is 0 Å². The summed E-state index contributed by atoms with van der Waals surface area (Å²) in [6.07, 6.45) is 6.62. The summed E-state index contributed by atoms with van der Waals surface area (Å²) < 4.78 is 14.3. The van der Waals surface area contributed by atoms with Gasteiger partial charge in [-0.05, 0) is 31.2 Å². The monoisotopic (exact) mass is 293 g/mol. The molecule has 1 amide bonds. The number of pyridine rings is 1. The van der Waals surface area contributed by atoms with Gasteiger partial charge >= 0.3 is 0 Å². The van der Waals surface area contributed by atoms with Crippen molar-refractivity contribution in [3.8, 4) is 0 Å². The number of carbonyl (C=O) groups is 1. The molecule has 0 saturated heterocycles. The van der Waals surface area contributed by atoms with Gasteiger partial charge in [-0.3, -0.25) is 4.79 Å². The van der Waals surface area contributed by atoms with Crippen LogP contribution in [0.4, 0.5) is 10.2 Å². The van der Waals surface area contributed by atoms with Crippen molar-refractivity contribution in [1.29, 1.82) is 0 Å². The molecular formula is C16H24FN3O. The summed E-state index contributed by atoms with van der Waals surface area (Å²) in [5, 5.41) is 5.86. The Balaban J connectivity index is 2.04. The van der Waals surface area contributed by atoms with Crippen LogP contribution in [0.3, 0.4) is 0 Å². The van der Waals surface area contributed by atoms with Crippen molar-refractivity contribution in [2.45, 2.75) is 52.0 Å². The van der Waals surface area contributed by atoms with Gasteiger partial charge in [-0.1, -0.05) is 26.7 Å². The molecule has 1 aromatic heterocycles. The molecule has 0 bridgehead atoms. The molecule has 1 aromatic rings. The van der Waals surface area contributed by atoms with Crippen molar-refractivity contribution in [2.24, 2.45) is 5.92 Å². The van der Waals surface area contributed by atoms with Gasteiger partial charge in [0.15, 0.2) is 11.6 Å². The van der Waals surface area contributed by atoms with Crippen molar-refractivity contribution in [2.75, 3.05) is 11.9 Å². The summed E-state index contributed by atoms with van der Waals surface area (Å²) in [4.78, 5) is 16.2. The Kier molecular flexibility index (Phi) is 5.53. The highest BCUT2D eigenvalue weighted by Crippen LogP contribution is 2.24. The van der Waals surface area contributed by atoms with E-state index in [0.29, 0.717) is 12.5 Å². The van der Waals surface area contributed by atoms with Gasteiger partial charge in [0.2, 0.25) is 0 Å². The van der Waals surface area contributed by atoms with E-state index in [1.807, 2.05) is 6.92 Å². The number of anilines is 1. The number of rotatable bonds is 5. The first kappa shape index (κ1) is 15.7. The van der Waals surface area contributed by atoms with Gasteiger partial charge in [0.1, 0.15) is 0 Å². The maximum Gasteiger partial charge on any atom is 0.254 e. The van der Waals surface area contributed by atoms with Crippen LogP contribution in [0.1, 0.15) is 56.3 Å². The Morgan fingerprint density at radius 2 is 2.29 bits per heavy atom. The zero-order valence-electron chi connectivity index (χ0n) is 12.8. The van der Waals surface area contributed by atoms with Gasteiger partial charge in [0.25, 0.3) is 5.91 Å². The zero-order valence-corrected chi connectivity index (χ0v) is 12.8. The molecule has 1 fully saturated rings. The van der Waals surface area contributed by atoms with E-state index >= 15 is 0 Å². The molecule has 116 valence electrons. The topological polar surface area (TPSA) is 54.0 Å². The average molecular weight is 293 g/mol. The lowest BCUT2D eigenvalue weighted by molar-refractivity contribution is 0.0917. The van der Waals surface area contributed by atoms with E-state index in [4.69, 9.17) is 0 Å². The van der Waals surface area contributed by atoms with Gasteiger partial charge in [-0.15, -0.1) is 0 Å². The molecule has 0 spiro atoms. The molecule has 2 N–H and O–H groups in total. The number of nitrogens with one attached hydrogen (secondary N) is 2. The van der Waals surface area contributed by atoms with Gasteiger partial charge in [-0.25, -0.2) is 9.37 Å². The van der Waals surface area contributed by atoms with E-state index in [1.54, 1.807) is 0 Å². The minimum absolute atomic E-state index is 0.0711. The van der Waals surface area contributed by atoms with Crippen LogP contribution >= 0.6 is 0 Å². The highest BCUT2D eigenvalue weighted by Gasteiger charge is 2.23. The molecule has 1 saturated carbocycles. The SMILES string of the molecule is CCCNc1nccc(C(=O)NC2CCCC(C)C2)c1F. The number of carbonyl (C=O) groups excluding carboxylic acids is 1. The Morgan fingerprint density at radius 3 is 3.00 bits per heavy atom. The van der Waals surface area contributed by atoms with E-state index in [1.165, 1.54) is 18.7 Å². The molecule has 2 rings (SSSR count). The first-order chi connectivity index (χ1) is 10.1. The Bertz CT molecular complexity index is 492. The van der Waals surface area contributed by atoms with Crippen LogP contribution in [0.5, 0.6) is 0 Å². The molecule has 2 atom stereocenters. The number of hydrogen-bond acceptors (Lipinski definition) is 3. The third kappa shape index (κ3) is 4.16. The fraction of sp³-hybridized carbons (Fsp3) is 0.625. The van der Waals surface area contributed by atoms with Gasteiger partial charge in [0, 0.05) is 18.8 Å². The van der Waals surface area contributed by atoms with E-state index in [0.717, 1.165) is 25.7 Å². The van der Waals surface area contributed by atoms with Crippen LogP contribution < -0.4 is 10.6 Å². The Labute approximate surface area is 125 Å². The molecule has 0 aliphatic heterocycles. The standard InChI is InChI=1S/C16H24FN3O/c1-3-8-18-15-14(17)13(7-9-19-15)16(21)20-12-6-4-5-11(2)10-12/h7,9,11-12H,3-6,8,10H2,1-2H3,(H,18,19)(H,20,21). The van der Waals surface area contributed by atoms with Gasteiger partial charge in [-0.2, -0.15) is 0 Å². The van der Waals surface area contributed by atoms with Crippen LogP contribution in [0, 0.1) is 11.7 Å². The van der Waals surface area contributed by atoms with Crippen LogP contribution in [-0.4, -0.2) is 23.5 Å². The third-order valence-corrected chi connectivity index (χ3v) is 3.95. The lowest BCUT2D eigenvalue weighted by atomic mass is 9.87. The average Bonchev–Trinajstić information content (AvgIpc) is 2.46. The van der Waals surface area contributed by atoms with Crippen LogP contribution in [0.15, 0.2) is 12.3 Å². The molecular weight excluding hydrogens is 269 g/mol. The second kappa shape index (κ2) is 7.38. The summed E-state index contributed by atoms with van der Waals surface area (Å²) in [7, 11) is 0. The number of hydrogen-bond donors (Lipinski definition) is 2. The molecule has 1 heterocycles. The zero-order chi connectivity index (χ0) is 15.2. The van der Waals surface area contributed by atoms with Crippen molar-refractivity contribution in [3.05, 3.63) is 23.6 Å². The van der Waals surface area contributed by atoms with Gasteiger partial charge in [0.05, 0.1) is 5.56 Å². The summed E-state index contributed by atoms with van der Waals surface area (Å²) >= 11 is 0. The lowest BCUT2D eigenvalue weighted by Gasteiger charge is -2.27. The maximum absolute atomic E-state index is 14.3. The van der Waals surface area contributed by atoms with E-state index < -0.39 is 5.82 Å². The lowest BCUT2D eigenvalue weighted by Crippen LogP contribution is -2.38. The van der Waals surface area contributed by atoms with E-state index in [-0.39, 0.29) is 23.3 Å². The molecule has 21 heavy (non-hydrogen) atoms. The fourth-order valence-corrected chi connectivity index (χ4v) is 2.81. The molecule has 0 radical (unpaired) electrons. The Hall–Kier alpha value is -1.65. The third-order valence-electron chi connectivity index (χ3n) is 3.95. The number of aromatic nitrogens is 1. The summed E-state index contributed by atoms with van der Waals surface area (Å²) in [5.41, 5.74) is 0.0711. The summed E-state index contributed by atoms with van der Waals surface area (Å²) in [6.45, 7) is 4.82. The van der Waals surface area contributed by atoms with Crippen molar-refractivity contribution in [3.63, 3.8) is 0 Å². The molecule has 1 aliphatic carbocycles. The fourth-order valence-electron chi connectivity index (χ4n) is 2.81. The Morgan fingerprint density at radius 1 is 1.48 bits per heavy atom. The highest BCUT2D eigenvalue weighted by molar-refractivity contribution is 5.95. The predicted molar refractivity (Wildman–Crippen MR) is 81.9 cm³/mol. The predicted octanol–water partition coefficient (Wildman–Crippen LogP) is 3.35. The van der Waals surface area contributed by atoms with E-state index in [9.17, 15) is 9.18 Å². The quantitative estimate of drug-likeness (QED) is 0.875. The second-order valence-corrected chi connectivity index (χ2v) is 5.89. The number of halogens is 1. The van der Waals surface area contributed by atoms with Gasteiger partial charge < -0.3 is 10.6 Å². The second-order valence-electron chi connectivity index (χ2n) is 5.89. The molecule has 2 unspecified atom stereocenters. The first-order valence-electron chi connectivity index (χ1n) is 7.81.